The molecular formula is C13H19NO2. The van der Waals surface area contributed by atoms with E-state index in [9.17, 15) is 9.90 Å². The Morgan fingerprint density at radius 3 is 2.31 bits per heavy atom. The van der Waals surface area contributed by atoms with Gasteiger partial charge in [-0.1, -0.05) is 0 Å². The minimum absolute atomic E-state index is 0.0728. The molecule has 2 atom stereocenters. The van der Waals surface area contributed by atoms with Crippen LogP contribution in [-0.4, -0.2) is 23.0 Å². The van der Waals surface area contributed by atoms with Crippen LogP contribution in [0.25, 0.3) is 0 Å². The molecule has 0 amide bonds. The Bertz CT molecular complexity index is 343. The lowest BCUT2D eigenvalue weighted by molar-refractivity contribution is 0.101. The van der Waals surface area contributed by atoms with Crippen LogP contribution in [0, 0.1) is 0 Å². The number of hydrogen-bond donors (Lipinski definition) is 2. The zero-order chi connectivity index (χ0) is 12.1. The van der Waals surface area contributed by atoms with Gasteiger partial charge in [-0.3, -0.25) is 4.79 Å². The van der Waals surface area contributed by atoms with Crippen molar-refractivity contribution in [3.8, 4) is 0 Å². The number of nitrogens with one attached hydrogen (secondary N) is 1. The molecule has 3 heteroatoms. The molecule has 0 radical (unpaired) electrons. The monoisotopic (exact) mass is 221 g/mol. The number of carbonyl (C=O) groups is 1. The van der Waals surface area contributed by atoms with Crippen molar-refractivity contribution in [3.05, 3.63) is 29.8 Å². The summed E-state index contributed by atoms with van der Waals surface area (Å²) in [7, 11) is 0. The Morgan fingerprint density at radius 2 is 1.88 bits per heavy atom. The molecule has 0 saturated carbocycles. The van der Waals surface area contributed by atoms with Gasteiger partial charge in [0, 0.05) is 17.3 Å². The van der Waals surface area contributed by atoms with Crippen molar-refractivity contribution < 1.29 is 9.90 Å². The maximum atomic E-state index is 11.1. The predicted octanol–water partition coefficient (Wildman–Crippen LogP) is 2.46. The quantitative estimate of drug-likeness (QED) is 0.751. The summed E-state index contributed by atoms with van der Waals surface area (Å²) in [6, 6.07) is 7.59. The number of hydrogen-bond acceptors (Lipinski definition) is 3. The standard InChI is InChI=1S/C13H19NO2/c1-9(8-10(2)15)14-13-6-4-12(5-7-13)11(3)16/h4-7,9-10,14-15H,8H2,1-3H3. The highest BCUT2D eigenvalue weighted by Crippen LogP contribution is 2.12. The first-order valence-corrected chi connectivity index (χ1v) is 5.54. The minimum Gasteiger partial charge on any atom is -0.393 e. The third kappa shape index (κ3) is 4.03. The molecule has 2 unspecified atom stereocenters. The third-order valence-corrected chi connectivity index (χ3v) is 2.40. The molecule has 1 aromatic carbocycles. The zero-order valence-corrected chi connectivity index (χ0v) is 10.0. The van der Waals surface area contributed by atoms with E-state index >= 15 is 0 Å². The number of carbonyl (C=O) groups excluding carboxylic acids is 1. The van der Waals surface area contributed by atoms with E-state index < -0.39 is 0 Å². The molecule has 3 nitrogen and oxygen atoms in total. The van der Waals surface area contributed by atoms with Crippen LogP contribution in [0.1, 0.15) is 37.6 Å². The van der Waals surface area contributed by atoms with Crippen LogP contribution in [-0.2, 0) is 0 Å². The highest BCUT2D eigenvalue weighted by atomic mass is 16.3. The number of aliphatic hydroxyl groups is 1. The molecule has 88 valence electrons. The van der Waals surface area contributed by atoms with Crippen LogP contribution in [0.5, 0.6) is 0 Å². The topological polar surface area (TPSA) is 49.3 Å². The molecule has 0 saturated heterocycles. The Hall–Kier alpha value is -1.35. The van der Waals surface area contributed by atoms with Gasteiger partial charge < -0.3 is 10.4 Å². The molecule has 1 aromatic rings. The first-order chi connectivity index (χ1) is 7.49. The highest BCUT2D eigenvalue weighted by Gasteiger charge is 2.06. The van der Waals surface area contributed by atoms with E-state index in [0.717, 1.165) is 5.69 Å². The van der Waals surface area contributed by atoms with Gasteiger partial charge in [-0.05, 0) is 51.5 Å². The molecule has 1 rings (SSSR count). The van der Waals surface area contributed by atoms with Crippen molar-refractivity contribution in [2.24, 2.45) is 0 Å². The van der Waals surface area contributed by atoms with E-state index in [-0.39, 0.29) is 17.9 Å². The zero-order valence-electron chi connectivity index (χ0n) is 10.0. The number of anilines is 1. The average molecular weight is 221 g/mol. The normalized spacial score (nSPS) is 14.2. The van der Waals surface area contributed by atoms with Crippen LogP contribution in [0.2, 0.25) is 0 Å². The SMILES string of the molecule is CC(=O)c1ccc(NC(C)CC(C)O)cc1. The molecular weight excluding hydrogens is 202 g/mol. The van der Waals surface area contributed by atoms with E-state index in [0.29, 0.717) is 12.0 Å². The van der Waals surface area contributed by atoms with Gasteiger partial charge in [0.1, 0.15) is 0 Å². The molecule has 16 heavy (non-hydrogen) atoms. The van der Waals surface area contributed by atoms with Crippen molar-refractivity contribution in [3.63, 3.8) is 0 Å². The van der Waals surface area contributed by atoms with Crippen LogP contribution in [0.4, 0.5) is 5.69 Å². The second kappa shape index (κ2) is 5.66. The van der Waals surface area contributed by atoms with Crippen molar-refractivity contribution >= 4 is 11.5 Å². The van der Waals surface area contributed by atoms with Crippen molar-refractivity contribution in [1.82, 2.24) is 0 Å². The predicted molar refractivity (Wildman–Crippen MR) is 65.8 cm³/mol. The molecule has 0 fully saturated rings. The van der Waals surface area contributed by atoms with E-state index in [4.69, 9.17) is 0 Å². The Balaban J connectivity index is 2.58. The molecule has 0 spiro atoms. The van der Waals surface area contributed by atoms with Gasteiger partial charge in [-0.25, -0.2) is 0 Å². The first kappa shape index (κ1) is 12.7. The number of ketones is 1. The first-order valence-electron chi connectivity index (χ1n) is 5.54. The van der Waals surface area contributed by atoms with Gasteiger partial charge in [0.25, 0.3) is 0 Å². The van der Waals surface area contributed by atoms with Gasteiger partial charge in [0.2, 0.25) is 0 Å². The smallest absolute Gasteiger partial charge is 0.159 e. The summed E-state index contributed by atoms with van der Waals surface area (Å²) in [6.45, 7) is 5.35. The van der Waals surface area contributed by atoms with E-state index in [1.165, 1.54) is 0 Å². The summed E-state index contributed by atoms with van der Waals surface area (Å²) in [5.74, 6) is 0.0728. The van der Waals surface area contributed by atoms with Crippen molar-refractivity contribution in [2.45, 2.75) is 39.3 Å². The van der Waals surface area contributed by atoms with Gasteiger partial charge >= 0.3 is 0 Å². The van der Waals surface area contributed by atoms with E-state index in [1.54, 1.807) is 26.0 Å². The number of aliphatic hydroxyl groups excluding tert-OH is 1. The Labute approximate surface area is 96.5 Å². The van der Waals surface area contributed by atoms with Gasteiger partial charge in [-0.2, -0.15) is 0 Å². The molecule has 0 aromatic heterocycles. The maximum Gasteiger partial charge on any atom is 0.159 e. The summed E-state index contributed by atoms with van der Waals surface area (Å²) in [6.07, 6.45) is 0.396. The second-order valence-corrected chi connectivity index (χ2v) is 4.26. The fourth-order valence-corrected chi connectivity index (χ4v) is 1.66. The Kier molecular flexibility index (Phi) is 4.50. The van der Waals surface area contributed by atoms with Crippen LogP contribution in [0.15, 0.2) is 24.3 Å². The van der Waals surface area contributed by atoms with Gasteiger partial charge in [-0.15, -0.1) is 0 Å². The fraction of sp³-hybridized carbons (Fsp3) is 0.462. The summed E-state index contributed by atoms with van der Waals surface area (Å²) < 4.78 is 0. The van der Waals surface area contributed by atoms with Crippen molar-refractivity contribution in [2.75, 3.05) is 5.32 Å². The largest absolute Gasteiger partial charge is 0.393 e. The summed E-state index contributed by atoms with van der Waals surface area (Å²) >= 11 is 0. The lowest BCUT2D eigenvalue weighted by atomic mass is 10.1. The molecule has 0 heterocycles. The van der Waals surface area contributed by atoms with Crippen LogP contribution < -0.4 is 5.32 Å². The number of rotatable bonds is 5. The molecule has 0 aliphatic carbocycles. The van der Waals surface area contributed by atoms with Gasteiger partial charge in [0.15, 0.2) is 5.78 Å². The number of benzene rings is 1. The van der Waals surface area contributed by atoms with E-state index in [1.807, 2.05) is 19.1 Å². The van der Waals surface area contributed by atoms with Crippen LogP contribution >= 0.6 is 0 Å². The molecule has 0 aliphatic heterocycles. The van der Waals surface area contributed by atoms with Gasteiger partial charge in [0.05, 0.1) is 6.10 Å². The number of Topliss-reactive ketones (excluding diaryl/α,β-unsaturated/α-hetero) is 1. The second-order valence-electron chi connectivity index (χ2n) is 4.26. The average Bonchev–Trinajstić information content (AvgIpc) is 2.16. The summed E-state index contributed by atoms with van der Waals surface area (Å²) in [4.78, 5) is 11.1. The molecule has 2 N–H and O–H groups in total. The fourth-order valence-electron chi connectivity index (χ4n) is 1.66. The maximum absolute atomic E-state index is 11.1. The van der Waals surface area contributed by atoms with E-state index in [2.05, 4.69) is 5.32 Å². The van der Waals surface area contributed by atoms with Crippen LogP contribution in [0.3, 0.4) is 0 Å². The lowest BCUT2D eigenvalue weighted by Crippen LogP contribution is -2.20. The lowest BCUT2D eigenvalue weighted by Gasteiger charge is -2.16. The third-order valence-electron chi connectivity index (χ3n) is 2.40. The summed E-state index contributed by atoms with van der Waals surface area (Å²) in [5.41, 5.74) is 1.69. The Morgan fingerprint density at radius 1 is 1.31 bits per heavy atom. The summed E-state index contributed by atoms with van der Waals surface area (Å²) in [5, 5.41) is 12.5. The molecule has 0 aliphatic rings. The highest BCUT2D eigenvalue weighted by molar-refractivity contribution is 5.94. The minimum atomic E-state index is -0.306. The van der Waals surface area contributed by atoms with Crippen molar-refractivity contribution in [1.29, 1.82) is 0 Å². The molecule has 0 bridgehead atoms.